The van der Waals surface area contributed by atoms with E-state index in [0.29, 0.717) is 24.0 Å². The van der Waals surface area contributed by atoms with Crippen molar-refractivity contribution in [1.82, 2.24) is 14.3 Å². The van der Waals surface area contributed by atoms with Gasteiger partial charge in [-0.2, -0.15) is 4.31 Å². The number of rotatable bonds is 5. The van der Waals surface area contributed by atoms with Crippen LogP contribution in [0.4, 0.5) is 0 Å². The maximum absolute atomic E-state index is 13.0. The molecule has 0 aliphatic carbocycles. The summed E-state index contributed by atoms with van der Waals surface area (Å²) in [5.74, 6) is -0.475. The number of esters is 1. The molecule has 1 aliphatic rings. The number of carbonyl (C=O) groups is 1. The van der Waals surface area contributed by atoms with Crippen LogP contribution in [-0.4, -0.2) is 41.7 Å². The van der Waals surface area contributed by atoms with Crippen LogP contribution in [0.2, 0.25) is 0 Å². The van der Waals surface area contributed by atoms with Gasteiger partial charge in [0.1, 0.15) is 0 Å². The fourth-order valence-electron chi connectivity index (χ4n) is 3.80. The summed E-state index contributed by atoms with van der Waals surface area (Å²) in [4.78, 5) is 32.1. The zero-order valence-corrected chi connectivity index (χ0v) is 18.6. The van der Waals surface area contributed by atoms with Gasteiger partial charge in [-0.3, -0.25) is 4.79 Å². The summed E-state index contributed by atoms with van der Waals surface area (Å²) in [5.41, 5.74) is 0.301. The topological polar surface area (TPSA) is 109 Å². The highest BCUT2D eigenvalue weighted by molar-refractivity contribution is 7.89. The molecule has 3 aromatic rings. The highest BCUT2D eigenvalue weighted by Crippen LogP contribution is 2.22. The van der Waals surface area contributed by atoms with Crippen LogP contribution in [0.25, 0.3) is 10.9 Å². The molecule has 9 heteroatoms. The van der Waals surface area contributed by atoms with E-state index >= 15 is 0 Å². The number of sulfonamides is 1. The summed E-state index contributed by atoms with van der Waals surface area (Å²) in [7, 11) is -3.69. The number of aromatic amines is 1. The lowest BCUT2D eigenvalue weighted by Crippen LogP contribution is -2.32. The zero-order chi connectivity index (χ0) is 22.7. The third-order valence-corrected chi connectivity index (χ3v) is 7.47. The Balaban J connectivity index is 1.54. The van der Waals surface area contributed by atoms with Gasteiger partial charge in [0.2, 0.25) is 10.0 Å². The second kappa shape index (κ2) is 9.22. The Morgan fingerprint density at radius 2 is 1.78 bits per heavy atom. The zero-order valence-electron chi connectivity index (χ0n) is 17.8. The first-order valence-corrected chi connectivity index (χ1v) is 12.1. The minimum absolute atomic E-state index is 0.0683. The third-order valence-electron chi connectivity index (χ3n) is 5.57. The monoisotopic (exact) mass is 455 g/mol. The van der Waals surface area contributed by atoms with Crippen molar-refractivity contribution >= 4 is 26.9 Å². The molecule has 0 amide bonds. The molecule has 0 unspecified atom stereocenters. The number of nitrogens with zero attached hydrogens (tertiary/aromatic N) is 2. The summed E-state index contributed by atoms with van der Waals surface area (Å²) in [5, 5.41) is 0.446. The number of hydrogen-bond donors (Lipinski definition) is 1. The lowest BCUT2D eigenvalue weighted by Gasteiger charge is -2.20. The first-order valence-electron chi connectivity index (χ1n) is 10.7. The Bertz CT molecular complexity index is 1290. The predicted octanol–water partition coefficient (Wildman–Crippen LogP) is 3.41. The Morgan fingerprint density at radius 3 is 2.53 bits per heavy atom. The molecule has 0 saturated carbocycles. The molecular weight excluding hydrogens is 430 g/mol. The van der Waals surface area contributed by atoms with Crippen molar-refractivity contribution in [3.05, 3.63) is 70.3 Å². The SMILES string of the molecule is C[C@@H](OC(=O)c1cccc(S(=O)(=O)N2CCCCCC2)c1)c1nc2ccccc2c(=O)[nH]1. The van der Waals surface area contributed by atoms with Gasteiger partial charge in [-0.25, -0.2) is 18.2 Å². The van der Waals surface area contributed by atoms with Crippen molar-refractivity contribution < 1.29 is 17.9 Å². The number of aromatic nitrogens is 2. The number of nitrogens with one attached hydrogen (secondary N) is 1. The van der Waals surface area contributed by atoms with Gasteiger partial charge in [0.25, 0.3) is 5.56 Å². The van der Waals surface area contributed by atoms with Crippen LogP contribution < -0.4 is 5.56 Å². The Kier molecular flexibility index (Phi) is 6.38. The number of H-pyrrole nitrogens is 1. The maximum atomic E-state index is 13.0. The van der Waals surface area contributed by atoms with E-state index in [1.54, 1.807) is 31.2 Å². The first-order chi connectivity index (χ1) is 15.4. The van der Waals surface area contributed by atoms with Crippen LogP contribution >= 0.6 is 0 Å². The average molecular weight is 456 g/mol. The summed E-state index contributed by atoms with van der Waals surface area (Å²) in [6.07, 6.45) is 2.86. The van der Waals surface area contributed by atoms with Gasteiger partial charge < -0.3 is 9.72 Å². The van der Waals surface area contributed by atoms with Crippen molar-refractivity contribution in [2.45, 2.75) is 43.6 Å². The van der Waals surface area contributed by atoms with Gasteiger partial charge in [-0.1, -0.05) is 31.0 Å². The molecule has 0 bridgehead atoms. The van der Waals surface area contributed by atoms with Crippen LogP contribution in [0.1, 0.15) is 54.9 Å². The number of fused-ring (bicyclic) bond motifs is 1. The lowest BCUT2D eigenvalue weighted by atomic mass is 10.2. The molecule has 1 fully saturated rings. The fraction of sp³-hybridized carbons (Fsp3) is 0.348. The van der Waals surface area contributed by atoms with Crippen molar-refractivity contribution in [1.29, 1.82) is 0 Å². The molecule has 4 rings (SSSR count). The van der Waals surface area contributed by atoms with Gasteiger partial charge in [0.15, 0.2) is 11.9 Å². The standard InChI is InChI=1S/C23H25N3O5S/c1-16(21-24-20-12-5-4-11-19(20)22(27)25-21)31-23(28)17-9-8-10-18(15-17)32(29,30)26-13-6-2-3-7-14-26/h4-5,8-12,15-16H,2-3,6-7,13-14H2,1H3,(H,24,25,27)/t16-/m1/s1. The van der Waals surface area contributed by atoms with E-state index in [2.05, 4.69) is 9.97 Å². The molecule has 168 valence electrons. The summed E-state index contributed by atoms with van der Waals surface area (Å²) < 4.78 is 33.1. The van der Waals surface area contributed by atoms with Crippen LogP contribution in [0, 0.1) is 0 Å². The Labute approximate surface area is 186 Å². The van der Waals surface area contributed by atoms with E-state index in [4.69, 9.17) is 4.74 Å². The quantitative estimate of drug-likeness (QED) is 0.591. The highest BCUT2D eigenvalue weighted by Gasteiger charge is 2.26. The van der Waals surface area contributed by atoms with Crippen molar-refractivity contribution in [2.75, 3.05) is 13.1 Å². The van der Waals surface area contributed by atoms with E-state index in [-0.39, 0.29) is 21.8 Å². The summed E-state index contributed by atoms with van der Waals surface area (Å²) in [6.45, 7) is 2.56. The predicted molar refractivity (Wildman–Crippen MR) is 120 cm³/mol. The van der Waals surface area contributed by atoms with Gasteiger partial charge in [0, 0.05) is 13.1 Å². The number of para-hydroxylation sites is 1. The second-order valence-corrected chi connectivity index (χ2v) is 9.80. The molecule has 0 spiro atoms. The minimum atomic E-state index is -3.69. The van der Waals surface area contributed by atoms with Gasteiger partial charge in [-0.15, -0.1) is 0 Å². The molecule has 0 radical (unpaired) electrons. The molecule has 8 nitrogen and oxygen atoms in total. The average Bonchev–Trinajstić information content (AvgIpc) is 3.09. The van der Waals surface area contributed by atoms with E-state index in [1.807, 2.05) is 0 Å². The maximum Gasteiger partial charge on any atom is 0.338 e. The van der Waals surface area contributed by atoms with Crippen molar-refractivity contribution in [3.63, 3.8) is 0 Å². The van der Waals surface area contributed by atoms with Crippen LogP contribution in [0.3, 0.4) is 0 Å². The number of ether oxygens (including phenoxy) is 1. The van der Waals surface area contributed by atoms with E-state index in [0.717, 1.165) is 25.7 Å². The van der Waals surface area contributed by atoms with E-state index < -0.39 is 22.1 Å². The van der Waals surface area contributed by atoms with E-state index in [1.165, 1.54) is 28.6 Å². The molecule has 2 heterocycles. The second-order valence-electron chi connectivity index (χ2n) is 7.86. The molecular formula is C23H25N3O5S. The molecule has 1 aliphatic heterocycles. The fourth-order valence-corrected chi connectivity index (χ4v) is 5.36. The smallest absolute Gasteiger partial charge is 0.338 e. The van der Waals surface area contributed by atoms with Gasteiger partial charge in [0.05, 0.1) is 21.4 Å². The van der Waals surface area contributed by atoms with Gasteiger partial charge in [-0.05, 0) is 50.1 Å². The number of hydrogen-bond acceptors (Lipinski definition) is 6. The normalized spacial score (nSPS) is 16.4. The lowest BCUT2D eigenvalue weighted by molar-refractivity contribution is 0.0319. The molecule has 1 atom stereocenters. The first kappa shape index (κ1) is 22.2. The largest absolute Gasteiger partial charge is 0.451 e. The summed E-state index contributed by atoms with van der Waals surface area (Å²) in [6, 6.07) is 12.8. The van der Waals surface area contributed by atoms with Crippen LogP contribution in [-0.2, 0) is 14.8 Å². The minimum Gasteiger partial charge on any atom is -0.451 e. The number of benzene rings is 2. The Morgan fingerprint density at radius 1 is 1.06 bits per heavy atom. The Hall–Kier alpha value is -3.04. The van der Waals surface area contributed by atoms with E-state index in [9.17, 15) is 18.0 Å². The number of carbonyl (C=O) groups excluding carboxylic acids is 1. The molecule has 1 saturated heterocycles. The third kappa shape index (κ3) is 4.58. The molecule has 2 aromatic carbocycles. The van der Waals surface area contributed by atoms with Crippen LogP contribution in [0.15, 0.2) is 58.2 Å². The molecule has 32 heavy (non-hydrogen) atoms. The summed E-state index contributed by atoms with van der Waals surface area (Å²) >= 11 is 0. The molecule has 1 N–H and O–H groups in total. The van der Waals surface area contributed by atoms with Crippen molar-refractivity contribution in [3.8, 4) is 0 Å². The van der Waals surface area contributed by atoms with Crippen molar-refractivity contribution in [2.24, 2.45) is 0 Å². The van der Waals surface area contributed by atoms with Crippen LogP contribution in [0.5, 0.6) is 0 Å². The highest BCUT2D eigenvalue weighted by atomic mass is 32.2. The molecule has 1 aromatic heterocycles. The van der Waals surface area contributed by atoms with Gasteiger partial charge >= 0.3 is 5.97 Å².